The smallest absolute Gasteiger partial charge is 0.335 e. The van der Waals surface area contributed by atoms with Crippen LogP contribution in [0.1, 0.15) is 34.6 Å². The van der Waals surface area contributed by atoms with Crippen LogP contribution in [0, 0.1) is 5.41 Å². The van der Waals surface area contributed by atoms with Crippen molar-refractivity contribution in [3.63, 3.8) is 0 Å². The van der Waals surface area contributed by atoms with Gasteiger partial charge in [-0.2, -0.15) is 0 Å². The van der Waals surface area contributed by atoms with Gasteiger partial charge in [-0.1, -0.05) is 6.92 Å². The Balaban J connectivity index is 0. The molecular formula is C10H23NO3Si. The first-order valence-electron chi connectivity index (χ1n) is 5.20. The molecule has 0 atom stereocenters. The normalized spacial score (nSPS) is 10.9. The predicted molar refractivity (Wildman–Crippen MR) is 63.0 cm³/mol. The Kier molecular flexibility index (Phi) is 9.93. The van der Waals surface area contributed by atoms with Crippen LogP contribution in [0.15, 0.2) is 0 Å². The minimum Gasteiger partial charge on any atom is -0.392 e. The van der Waals surface area contributed by atoms with E-state index in [0.29, 0.717) is 0 Å². The number of isocyanates is 1. The zero-order chi connectivity index (χ0) is 12.5. The molecule has 0 saturated heterocycles. The van der Waals surface area contributed by atoms with Gasteiger partial charge in [0.15, 0.2) is 0 Å². The molecule has 0 radical (unpaired) electrons. The highest BCUT2D eigenvalue weighted by Crippen LogP contribution is 2.17. The fourth-order valence-corrected chi connectivity index (χ4v) is 3.57. The molecule has 0 aliphatic carbocycles. The van der Waals surface area contributed by atoms with E-state index in [2.05, 4.69) is 41.2 Å². The van der Waals surface area contributed by atoms with Crippen LogP contribution in [0.2, 0.25) is 12.6 Å². The van der Waals surface area contributed by atoms with E-state index in [4.69, 9.17) is 19.1 Å². The summed E-state index contributed by atoms with van der Waals surface area (Å²) < 4.78 is 11.6. The van der Waals surface area contributed by atoms with E-state index in [1.807, 2.05) is 0 Å². The van der Waals surface area contributed by atoms with Gasteiger partial charge in [-0.05, 0) is 40.3 Å². The maximum Gasteiger partial charge on any atom is 0.335 e. The van der Waals surface area contributed by atoms with E-state index in [-0.39, 0.29) is 12.2 Å². The first kappa shape index (κ1) is 16.9. The Bertz CT molecular complexity index is 179. The summed E-state index contributed by atoms with van der Waals surface area (Å²) in [6.45, 7) is 12.5. The molecule has 5 heteroatoms. The van der Waals surface area contributed by atoms with Crippen LogP contribution >= 0.6 is 0 Å². The molecule has 0 saturated carbocycles. The molecule has 0 amide bonds. The molecule has 90 valence electrons. The van der Waals surface area contributed by atoms with Crippen molar-refractivity contribution in [3.8, 4) is 0 Å². The lowest BCUT2D eigenvalue weighted by Gasteiger charge is -2.29. The summed E-state index contributed by atoms with van der Waals surface area (Å²) in [4.78, 5) is 8.35. The van der Waals surface area contributed by atoms with E-state index in [9.17, 15) is 0 Å². The van der Waals surface area contributed by atoms with Gasteiger partial charge < -0.3 is 8.85 Å². The van der Waals surface area contributed by atoms with E-state index < -0.39 is 8.56 Å². The maximum absolute atomic E-state index is 8.35. The second kappa shape index (κ2) is 8.80. The number of hydrogen-bond acceptors (Lipinski definition) is 4. The second-order valence-corrected chi connectivity index (χ2v) is 7.37. The van der Waals surface area contributed by atoms with Crippen LogP contribution in [0.3, 0.4) is 0 Å². The fraction of sp³-hybridized carbons (Fsp3) is 0.900. The number of nitrogens with one attached hydrogen (secondary N) is 1. The van der Waals surface area contributed by atoms with E-state index >= 15 is 0 Å². The highest BCUT2D eigenvalue weighted by molar-refractivity contribution is 6.66. The number of hydrogen-bond donors (Lipinski definition) is 1. The van der Waals surface area contributed by atoms with Gasteiger partial charge in [-0.15, -0.1) is 0 Å². The van der Waals surface area contributed by atoms with Crippen LogP contribution < -0.4 is 0 Å². The lowest BCUT2D eigenvalue weighted by Crippen LogP contribution is -2.42. The summed E-state index contributed by atoms with van der Waals surface area (Å²) in [5.41, 5.74) is 0. The van der Waals surface area contributed by atoms with Crippen molar-refractivity contribution >= 4 is 14.6 Å². The summed E-state index contributed by atoms with van der Waals surface area (Å²) in [7, 11) is -1.85. The van der Waals surface area contributed by atoms with Gasteiger partial charge in [0.1, 0.15) is 0 Å². The quantitative estimate of drug-likeness (QED) is 0.451. The van der Waals surface area contributed by atoms with Crippen LogP contribution in [0.25, 0.3) is 0 Å². The molecule has 0 fully saturated rings. The van der Waals surface area contributed by atoms with Crippen molar-refractivity contribution in [2.45, 2.75) is 59.4 Å². The van der Waals surface area contributed by atoms with Crippen molar-refractivity contribution < 1.29 is 13.6 Å². The van der Waals surface area contributed by atoms with E-state index in [0.717, 1.165) is 12.1 Å². The van der Waals surface area contributed by atoms with Gasteiger partial charge in [-0.25, -0.2) is 10.2 Å². The van der Waals surface area contributed by atoms with Crippen LogP contribution in [0.4, 0.5) is 0 Å². The van der Waals surface area contributed by atoms with Gasteiger partial charge in [0.05, 0.1) is 0 Å². The van der Waals surface area contributed by atoms with Crippen LogP contribution in [0.5, 0.6) is 0 Å². The largest absolute Gasteiger partial charge is 0.392 e. The second-order valence-electron chi connectivity index (χ2n) is 3.92. The monoisotopic (exact) mass is 233 g/mol. The van der Waals surface area contributed by atoms with E-state index in [1.54, 1.807) is 0 Å². The Labute approximate surface area is 93.7 Å². The molecule has 0 aliphatic heterocycles. The van der Waals surface area contributed by atoms with Gasteiger partial charge in [0.25, 0.3) is 0 Å². The van der Waals surface area contributed by atoms with Crippen LogP contribution in [-0.4, -0.2) is 26.8 Å². The highest BCUT2D eigenvalue weighted by atomic mass is 28.4. The molecule has 15 heavy (non-hydrogen) atoms. The minimum absolute atomic E-state index is 0.278. The Hall–Kier alpha value is -0.483. The van der Waals surface area contributed by atoms with Gasteiger partial charge >= 0.3 is 8.56 Å². The SMILES string of the molecule is CC[Si](C)(OC(C)C)OC(C)C.N=C=O. The lowest BCUT2D eigenvalue weighted by atomic mass is 10.5. The molecule has 0 aromatic heterocycles. The molecule has 0 unspecified atom stereocenters. The molecule has 0 spiro atoms. The molecule has 0 heterocycles. The Morgan fingerprint density at radius 3 is 1.60 bits per heavy atom. The third-order valence-electron chi connectivity index (χ3n) is 1.61. The van der Waals surface area contributed by atoms with Gasteiger partial charge in [-0.3, -0.25) is 0 Å². The number of rotatable bonds is 5. The van der Waals surface area contributed by atoms with Crippen molar-refractivity contribution in [1.29, 1.82) is 5.41 Å². The molecule has 1 N–H and O–H groups in total. The summed E-state index contributed by atoms with van der Waals surface area (Å²) in [6, 6.07) is 1.02. The van der Waals surface area contributed by atoms with Crippen molar-refractivity contribution in [2.75, 3.05) is 0 Å². The maximum atomic E-state index is 8.35. The van der Waals surface area contributed by atoms with Crippen molar-refractivity contribution in [1.82, 2.24) is 0 Å². The molecule has 0 aromatic carbocycles. The van der Waals surface area contributed by atoms with Gasteiger partial charge in [0.2, 0.25) is 6.08 Å². The van der Waals surface area contributed by atoms with E-state index in [1.165, 1.54) is 0 Å². The standard InChI is InChI=1S/C9H22O2Si.CHNO/c1-7-12(6,10-8(2)3)11-9(4)5;2-1-3/h8-9H,7H2,1-6H3;2H. The summed E-state index contributed by atoms with van der Waals surface area (Å²) in [6.07, 6.45) is 1.31. The molecule has 0 bridgehead atoms. The zero-order valence-corrected chi connectivity index (χ0v) is 11.6. The third kappa shape index (κ3) is 11.4. The van der Waals surface area contributed by atoms with Crippen molar-refractivity contribution in [2.24, 2.45) is 0 Å². The molecule has 0 aromatic rings. The summed E-state index contributed by atoms with van der Waals surface area (Å²) >= 11 is 0. The summed E-state index contributed by atoms with van der Waals surface area (Å²) in [5, 5.41) is 5.40. The summed E-state index contributed by atoms with van der Waals surface area (Å²) in [5.74, 6) is 0. The molecule has 0 aliphatic rings. The van der Waals surface area contributed by atoms with Gasteiger partial charge in [0, 0.05) is 12.2 Å². The van der Waals surface area contributed by atoms with Crippen molar-refractivity contribution in [3.05, 3.63) is 0 Å². The Morgan fingerprint density at radius 1 is 1.20 bits per heavy atom. The molecular weight excluding hydrogens is 210 g/mol. The predicted octanol–water partition coefficient (Wildman–Crippen LogP) is 2.83. The fourth-order valence-electron chi connectivity index (χ4n) is 1.19. The topological polar surface area (TPSA) is 59.4 Å². The first-order chi connectivity index (χ1) is 6.81. The Morgan fingerprint density at radius 2 is 1.47 bits per heavy atom. The number of carbonyl (C=O) groups excluding carboxylic acids is 1. The third-order valence-corrected chi connectivity index (χ3v) is 4.84. The average molecular weight is 233 g/mol. The lowest BCUT2D eigenvalue weighted by molar-refractivity contribution is 0.110. The molecule has 0 rings (SSSR count). The molecule has 4 nitrogen and oxygen atoms in total. The first-order valence-corrected chi connectivity index (χ1v) is 7.73. The minimum atomic E-state index is -1.85. The average Bonchev–Trinajstić information content (AvgIpc) is 2.02. The van der Waals surface area contributed by atoms with Crippen LogP contribution in [-0.2, 0) is 13.6 Å². The highest BCUT2D eigenvalue weighted by Gasteiger charge is 2.31. The zero-order valence-electron chi connectivity index (χ0n) is 10.6.